The quantitative estimate of drug-likeness (QED) is 0.618. The van der Waals surface area contributed by atoms with Crippen LogP contribution in [-0.2, 0) is 9.53 Å². The number of benzene rings is 1. The van der Waals surface area contributed by atoms with Crippen LogP contribution in [0.5, 0.6) is 0 Å². The van der Waals surface area contributed by atoms with E-state index in [1.165, 1.54) is 6.07 Å². The Hall–Kier alpha value is -2.11. The van der Waals surface area contributed by atoms with Crippen molar-refractivity contribution in [1.29, 1.82) is 0 Å². The lowest BCUT2D eigenvalue weighted by Gasteiger charge is -2.12. The first-order valence-corrected chi connectivity index (χ1v) is 5.44. The van der Waals surface area contributed by atoms with Crippen molar-refractivity contribution in [3.8, 4) is 0 Å². The molecule has 0 aliphatic heterocycles. The fourth-order valence-electron chi connectivity index (χ4n) is 1.42. The summed E-state index contributed by atoms with van der Waals surface area (Å²) in [4.78, 5) is 22.4. The number of nitrogen functional groups attached to an aromatic ring is 1. The number of nitrogens with two attached hydrogens (primary N) is 1. The topological polar surface area (TPSA) is 89.6 Å². The van der Waals surface area contributed by atoms with E-state index in [0.29, 0.717) is 6.42 Å². The molecule has 0 heterocycles. The lowest BCUT2D eigenvalue weighted by molar-refractivity contribution is -0.147. The molecular weight excluding hydrogens is 241 g/mol. The molecule has 1 rings (SSSR count). The van der Waals surface area contributed by atoms with Gasteiger partial charge in [0.15, 0.2) is 6.10 Å². The molecule has 98 valence electrons. The van der Waals surface area contributed by atoms with Crippen molar-refractivity contribution in [2.75, 3.05) is 5.73 Å². The number of carbonyl (C=O) groups is 2. The van der Waals surface area contributed by atoms with Crippen LogP contribution in [0.4, 0.5) is 10.1 Å². The standard InChI is InChI=1S/C12H14FNO4/c1-2-3-10(11(15)16)18-12(17)7-4-8(13)6-9(14)5-7/h4-6,10H,2-3,14H2,1H3,(H,15,16). The fraction of sp³-hybridized carbons (Fsp3) is 0.333. The molecule has 6 heteroatoms. The minimum Gasteiger partial charge on any atom is -0.479 e. The van der Waals surface area contributed by atoms with E-state index in [2.05, 4.69) is 0 Å². The lowest BCUT2D eigenvalue weighted by Crippen LogP contribution is -2.27. The van der Waals surface area contributed by atoms with Crippen LogP contribution in [0.25, 0.3) is 0 Å². The fourth-order valence-corrected chi connectivity index (χ4v) is 1.42. The van der Waals surface area contributed by atoms with Crippen LogP contribution in [0.2, 0.25) is 0 Å². The summed E-state index contributed by atoms with van der Waals surface area (Å²) < 4.78 is 17.8. The molecule has 0 amide bonds. The van der Waals surface area contributed by atoms with E-state index in [-0.39, 0.29) is 17.7 Å². The highest BCUT2D eigenvalue weighted by Crippen LogP contribution is 2.14. The van der Waals surface area contributed by atoms with Gasteiger partial charge < -0.3 is 15.6 Å². The third kappa shape index (κ3) is 3.73. The average Bonchev–Trinajstić information content (AvgIpc) is 2.26. The second-order valence-corrected chi connectivity index (χ2v) is 3.79. The van der Waals surface area contributed by atoms with E-state index in [9.17, 15) is 14.0 Å². The van der Waals surface area contributed by atoms with Gasteiger partial charge >= 0.3 is 11.9 Å². The zero-order chi connectivity index (χ0) is 13.7. The Kier molecular flexibility index (Phi) is 4.65. The van der Waals surface area contributed by atoms with Crippen molar-refractivity contribution >= 4 is 17.6 Å². The number of halogens is 1. The Morgan fingerprint density at radius 3 is 2.61 bits per heavy atom. The van der Waals surface area contributed by atoms with Crippen molar-refractivity contribution < 1.29 is 23.8 Å². The number of hydrogen-bond acceptors (Lipinski definition) is 4. The summed E-state index contributed by atoms with van der Waals surface area (Å²) in [6.07, 6.45) is -0.478. The highest BCUT2D eigenvalue weighted by atomic mass is 19.1. The number of carbonyl (C=O) groups excluding carboxylic acids is 1. The molecule has 0 saturated heterocycles. The van der Waals surface area contributed by atoms with Gasteiger partial charge in [0.2, 0.25) is 0 Å². The predicted molar refractivity (Wildman–Crippen MR) is 62.6 cm³/mol. The van der Waals surface area contributed by atoms with Gasteiger partial charge in [0, 0.05) is 5.69 Å². The summed E-state index contributed by atoms with van der Waals surface area (Å²) >= 11 is 0. The summed E-state index contributed by atoms with van der Waals surface area (Å²) in [6.45, 7) is 1.77. The Labute approximate surface area is 103 Å². The number of carboxylic acid groups (broad SMARTS) is 1. The molecule has 1 atom stereocenters. The van der Waals surface area contributed by atoms with Crippen molar-refractivity contribution in [3.05, 3.63) is 29.6 Å². The first kappa shape index (κ1) is 14.0. The maximum Gasteiger partial charge on any atom is 0.345 e. The predicted octanol–water partition coefficient (Wildman–Crippen LogP) is 1.82. The van der Waals surface area contributed by atoms with Crippen molar-refractivity contribution in [2.24, 2.45) is 0 Å². The van der Waals surface area contributed by atoms with Crippen LogP contribution >= 0.6 is 0 Å². The summed E-state index contributed by atoms with van der Waals surface area (Å²) in [5.74, 6) is -2.80. The molecule has 0 spiro atoms. The molecule has 0 aromatic heterocycles. The molecule has 5 nitrogen and oxygen atoms in total. The van der Waals surface area contributed by atoms with Gasteiger partial charge in [-0.05, 0) is 24.6 Å². The van der Waals surface area contributed by atoms with Gasteiger partial charge in [-0.3, -0.25) is 0 Å². The zero-order valence-electron chi connectivity index (χ0n) is 9.85. The maximum atomic E-state index is 13.0. The van der Waals surface area contributed by atoms with Crippen molar-refractivity contribution in [1.82, 2.24) is 0 Å². The molecule has 0 aliphatic rings. The molecule has 18 heavy (non-hydrogen) atoms. The molecule has 1 unspecified atom stereocenters. The Morgan fingerprint density at radius 2 is 2.11 bits per heavy atom. The number of esters is 1. The molecule has 1 aromatic rings. The van der Waals surface area contributed by atoms with Gasteiger partial charge in [0.1, 0.15) is 5.82 Å². The second-order valence-electron chi connectivity index (χ2n) is 3.79. The number of rotatable bonds is 5. The van der Waals surface area contributed by atoms with Gasteiger partial charge in [0.25, 0.3) is 0 Å². The van der Waals surface area contributed by atoms with Gasteiger partial charge in [-0.15, -0.1) is 0 Å². The average molecular weight is 255 g/mol. The minimum absolute atomic E-state index is 0.0734. The molecule has 0 fully saturated rings. The smallest absolute Gasteiger partial charge is 0.345 e. The van der Waals surface area contributed by atoms with Gasteiger partial charge in [0.05, 0.1) is 5.56 Å². The normalized spacial score (nSPS) is 11.9. The largest absolute Gasteiger partial charge is 0.479 e. The van der Waals surface area contributed by atoms with Crippen LogP contribution in [-0.4, -0.2) is 23.1 Å². The highest BCUT2D eigenvalue weighted by Gasteiger charge is 2.22. The van der Waals surface area contributed by atoms with Crippen LogP contribution in [0.1, 0.15) is 30.1 Å². The summed E-state index contributed by atoms with van der Waals surface area (Å²) in [7, 11) is 0. The van der Waals surface area contributed by atoms with E-state index in [1.807, 2.05) is 0 Å². The van der Waals surface area contributed by atoms with Crippen LogP contribution in [0.15, 0.2) is 18.2 Å². The summed E-state index contributed by atoms with van der Waals surface area (Å²) in [5.41, 5.74) is 5.35. The Morgan fingerprint density at radius 1 is 1.44 bits per heavy atom. The minimum atomic E-state index is -1.23. The van der Waals surface area contributed by atoms with Crippen molar-refractivity contribution in [2.45, 2.75) is 25.9 Å². The van der Waals surface area contributed by atoms with Crippen LogP contribution in [0, 0.1) is 5.82 Å². The molecule has 3 N–H and O–H groups in total. The number of carboxylic acids is 1. The third-order valence-corrected chi connectivity index (χ3v) is 2.23. The van der Waals surface area contributed by atoms with Crippen LogP contribution in [0.3, 0.4) is 0 Å². The van der Waals surface area contributed by atoms with E-state index in [1.54, 1.807) is 6.92 Å². The monoisotopic (exact) mass is 255 g/mol. The van der Waals surface area contributed by atoms with Crippen LogP contribution < -0.4 is 5.73 Å². The molecular formula is C12H14FNO4. The number of aliphatic carboxylic acids is 1. The summed E-state index contributed by atoms with van der Waals surface area (Å²) in [5, 5.41) is 8.83. The third-order valence-electron chi connectivity index (χ3n) is 2.23. The molecule has 0 bridgehead atoms. The molecule has 0 radical (unpaired) electrons. The molecule has 1 aromatic carbocycles. The number of ether oxygens (including phenoxy) is 1. The highest BCUT2D eigenvalue weighted by molar-refractivity contribution is 5.92. The van der Waals surface area contributed by atoms with Crippen molar-refractivity contribution in [3.63, 3.8) is 0 Å². The number of anilines is 1. The SMILES string of the molecule is CCCC(OC(=O)c1cc(N)cc(F)c1)C(=O)O. The van der Waals surface area contributed by atoms with Gasteiger partial charge in [-0.25, -0.2) is 14.0 Å². The maximum absolute atomic E-state index is 13.0. The van der Waals surface area contributed by atoms with E-state index in [0.717, 1.165) is 12.1 Å². The zero-order valence-corrected chi connectivity index (χ0v) is 9.85. The Bertz CT molecular complexity index is 441. The first-order valence-electron chi connectivity index (χ1n) is 5.44. The van der Waals surface area contributed by atoms with Gasteiger partial charge in [-0.1, -0.05) is 13.3 Å². The van der Waals surface area contributed by atoms with Gasteiger partial charge in [-0.2, -0.15) is 0 Å². The van der Waals surface area contributed by atoms with E-state index >= 15 is 0 Å². The Balaban J connectivity index is 2.83. The first-order chi connectivity index (χ1) is 8.43. The number of hydrogen-bond donors (Lipinski definition) is 2. The molecule has 0 saturated carbocycles. The second kappa shape index (κ2) is 6.00. The lowest BCUT2D eigenvalue weighted by atomic mass is 10.2. The summed E-state index contributed by atoms with van der Waals surface area (Å²) in [6, 6.07) is 3.23. The van der Waals surface area contributed by atoms with E-state index < -0.39 is 23.9 Å². The van der Waals surface area contributed by atoms with E-state index in [4.69, 9.17) is 15.6 Å². The molecule has 0 aliphatic carbocycles.